The van der Waals surface area contributed by atoms with Crippen molar-refractivity contribution in [3.8, 4) is 0 Å². The van der Waals surface area contributed by atoms with Gasteiger partial charge in [0.1, 0.15) is 6.10 Å². The minimum Gasteiger partial charge on any atom is -0.459 e. The number of rotatable bonds is 5. The van der Waals surface area contributed by atoms with E-state index in [1.165, 1.54) is 12.1 Å². The SMILES string of the molecule is CC1=C(C(=O)OC2CCCC2)[C@@H](c2ccc([N+](=O)[O-])cc2)C2=C(C[C@@H](c3ccccc3)CC2=O)N1. The van der Waals surface area contributed by atoms with Gasteiger partial charge >= 0.3 is 5.97 Å². The molecule has 0 amide bonds. The number of allylic oxidation sites excluding steroid dienone is 3. The second-order valence-electron chi connectivity index (χ2n) is 9.59. The predicted octanol–water partition coefficient (Wildman–Crippen LogP) is 5.44. The fraction of sp³-hybridized carbons (Fsp3) is 0.357. The smallest absolute Gasteiger partial charge is 0.337 e. The number of esters is 1. The van der Waals surface area contributed by atoms with Crippen molar-refractivity contribution in [1.29, 1.82) is 0 Å². The number of ether oxygens (including phenoxy) is 1. The summed E-state index contributed by atoms with van der Waals surface area (Å²) in [6.07, 6.45) is 4.65. The normalized spacial score (nSPS) is 22.6. The molecule has 2 atom stereocenters. The summed E-state index contributed by atoms with van der Waals surface area (Å²) in [5, 5.41) is 14.6. The first-order valence-corrected chi connectivity index (χ1v) is 12.2. The third-order valence-electron chi connectivity index (χ3n) is 7.33. The number of nitrogens with zero attached hydrogens (tertiary/aromatic N) is 1. The number of nitrogens with one attached hydrogen (secondary N) is 1. The van der Waals surface area contributed by atoms with Crippen molar-refractivity contribution in [1.82, 2.24) is 5.32 Å². The fourth-order valence-electron chi connectivity index (χ4n) is 5.61. The van der Waals surface area contributed by atoms with Crippen molar-refractivity contribution >= 4 is 17.4 Å². The minimum absolute atomic E-state index is 0.0189. The van der Waals surface area contributed by atoms with Gasteiger partial charge in [0.05, 0.1) is 10.5 Å². The van der Waals surface area contributed by atoms with Crippen LogP contribution in [0.1, 0.15) is 68.4 Å². The van der Waals surface area contributed by atoms with Gasteiger partial charge in [-0.2, -0.15) is 0 Å². The van der Waals surface area contributed by atoms with E-state index in [0.29, 0.717) is 35.2 Å². The average molecular weight is 473 g/mol. The summed E-state index contributed by atoms with van der Waals surface area (Å²) in [6, 6.07) is 16.1. The first kappa shape index (κ1) is 23.0. The number of benzene rings is 2. The number of hydrogen-bond donors (Lipinski definition) is 1. The molecule has 35 heavy (non-hydrogen) atoms. The number of nitro benzene ring substituents is 1. The highest BCUT2D eigenvalue weighted by atomic mass is 16.6. The lowest BCUT2D eigenvalue weighted by molar-refractivity contribution is -0.384. The molecule has 7 nitrogen and oxygen atoms in total. The molecule has 3 aliphatic rings. The molecule has 0 saturated heterocycles. The molecule has 2 aliphatic carbocycles. The summed E-state index contributed by atoms with van der Waals surface area (Å²) < 4.78 is 5.86. The van der Waals surface area contributed by atoms with Crippen LogP contribution in [0.3, 0.4) is 0 Å². The van der Waals surface area contributed by atoms with Crippen molar-refractivity contribution in [3.63, 3.8) is 0 Å². The fourth-order valence-corrected chi connectivity index (χ4v) is 5.61. The number of Topliss-reactive ketones (excluding diaryl/α,β-unsaturated/α-hetero) is 1. The Hall–Kier alpha value is -3.74. The van der Waals surface area contributed by atoms with Crippen molar-refractivity contribution in [2.75, 3.05) is 0 Å². The highest BCUT2D eigenvalue weighted by Gasteiger charge is 2.42. The Morgan fingerprint density at radius 2 is 1.69 bits per heavy atom. The largest absolute Gasteiger partial charge is 0.459 e. The van der Waals surface area contributed by atoms with Gasteiger partial charge < -0.3 is 10.1 Å². The van der Waals surface area contributed by atoms with Crippen LogP contribution in [-0.2, 0) is 14.3 Å². The summed E-state index contributed by atoms with van der Waals surface area (Å²) >= 11 is 0. The number of dihydropyridines is 1. The molecule has 1 aliphatic heterocycles. The lowest BCUT2D eigenvalue weighted by Crippen LogP contribution is -2.36. The molecule has 7 heteroatoms. The van der Waals surface area contributed by atoms with Gasteiger partial charge in [-0.15, -0.1) is 0 Å². The average Bonchev–Trinajstić information content (AvgIpc) is 3.36. The van der Waals surface area contributed by atoms with Crippen molar-refractivity contribution < 1.29 is 19.2 Å². The summed E-state index contributed by atoms with van der Waals surface area (Å²) in [4.78, 5) is 37.8. The van der Waals surface area contributed by atoms with E-state index in [0.717, 1.165) is 36.9 Å². The van der Waals surface area contributed by atoms with E-state index in [-0.39, 0.29) is 23.5 Å². The third kappa shape index (κ3) is 4.50. The zero-order valence-corrected chi connectivity index (χ0v) is 19.7. The van der Waals surface area contributed by atoms with E-state index in [9.17, 15) is 19.7 Å². The van der Waals surface area contributed by atoms with Gasteiger partial charge in [0.2, 0.25) is 0 Å². The molecule has 180 valence electrons. The van der Waals surface area contributed by atoms with Crippen LogP contribution in [0.5, 0.6) is 0 Å². The molecule has 0 radical (unpaired) electrons. The Morgan fingerprint density at radius 3 is 2.34 bits per heavy atom. The van der Waals surface area contributed by atoms with Crippen LogP contribution in [0.15, 0.2) is 77.1 Å². The Morgan fingerprint density at radius 1 is 1.00 bits per heavy atom. The zero-order valence-electron chi connectivity index (χ0n) is 19.7. The second kappa shape index (κ2) is 9.49. The standard InChI is InChI=1S/C28H28N2O5/c1-17-25(28(32)35-22-9-5-6-10-22)26(19-11-13-21(14-12-19)30(33)34)27-23(29-17)15-20(16-24(27)31)18-7-3-2-4-8-18/h2-4,7-8,11-14,20,22,26,29H,5-6,9-10,15-16H2,1H3/t20-,26-/m1/s1. The Labute approximate surface area is 204 Å². The molecule has 0 unspecified atom stereocenters. The van der Waals surface area contributed by atoms with Crippen LogP contribution in [0, 0.1) is 10.1 Å². The quantitative estimate of drug-likeness (QED) is 0.353. The van der Waals surface area contributed by atoms with Crippen LogP contribution in [0.2, 0.25) is 0 Å². The molecule has 1 saturated carbocycles. The van der Waals surface area contributed by atoms with Crippen molar-refractivity contribution in [3.05, 3.63) is 98.4 Å². The molecule has 1 fully saturated rings. The van der Waals surface area contributed by atoms with E-state index in [2.05, 4.69) is 5.32 Å². The van der Waals surface area contributed by atoms with Crippen LogP contribution in [-0.4, -0.2) is 22.8 Å². The topological polar surface area (TPSA) is 98.5 Å². The number of carbonyl (C=O) groups is 2. The molecule has 0 aromatic heterocycles. The number of non-ortho nitro benzene ring substituents is 1. The summed E-state index contributed by atoms with van der Waals surface area (Å²) in [5.74, 6) is -1.01. The van der Waals surface area contributed by atoms with Gasteiger partial charge in [-0.25, -0.2) is 4.79 Å². The van der Waals surface area contributed by atoms with Gasteiger partial charge in [0.25, 0.3) is 5.69 Å². The Bertz CT molecular complexity index is 1220. The minimum atomic E-state index is -0.620. The maximum Gasteiger partial charge on any atom is 0.337 e. The molecule has 0 spiro atoms. The molecule has 2 aromatic carbocycles. The van der Waals surface area contributed by atoms with E-state index in [4.69, 9.17) is 4.74 Å². The van der Waals surface area contributed by atoms with Gasteiger partial charge in [0.15, 0.2) is 5.78 Å². The van der Waals surface area contributed by atoms with Crippen LogP contribution < -0.4 is 5.32 Å². The summed E-state index contributed by atoms with van der Waals surface area (Å²) in [7, 11) is 0. The number of carbonyl (C=O) groups excluding carboxylic acids is 2. The van der Waals surface area contributed by atoms with E-state index in [1.807, 2.05) is 37.3 Å². The van der Waals surface area contributed by atoms with E-state index < -0.39 is 16.8 Å². The first-order chi connectivity index (χ1) is 16.9. The molecule has 5 rings (SSSR count). The molecule has 0 bridgehead atoms. The lowest BCUT2D eigenvalue weighted by atomic mass is 9.71. The lowest BCUT2D eigenvalue weighted by Gasteiger charge is -2.37. The van der Waals surface area contributed by atoms with Gasteiger partial charge in [-0.1, -0.05) is 42.5 Å². The van der Waals surface area contributed by atoms with E-state index >= 15 is 0 Å². The van der Waals surface area contributed by atoms with Crippen molar-refractivity contribution in [2.45, 2.75) is 63.4 Å². The molecule has 1 heterocycles. The monoisotopic (exact) mass is 472 g/mol. The molecular formula is C28H28N2O5. The number of nitro groups is 1. The second-order valence-corrected chi connectivity index (χ2v) is 9.59. The number of hydrogen-bond acceptors (Lipinski definition) is 6. The van der Waals surface area contributed by atoms with Crippen molar-refractivity contribution in [2.24, 2.45) is 0 Å². The van der Waals surface area contributed by atoms with Gasteiger partial charge in [-0.3, -0.25) is 14.9 Å². The predicted molar refractivity (Wildman–Crippen MR) is 130 cm³/mol. The molecular weight excluding hydrogens is 444 g/mol. The van der Waals surface area contributed by atoms with Crippen LogP contribution in [0.4, 0.5) is 5.69 Å². The Kier molecular flexibility index (Phi) is 6.24. The van der Waals surface area contributed by atoms with Crippen LogP contribution >= 0.6 is 0 Å². The van der Waals surface area contributed by atoms with Gasteiger partial charge in [0, 0.05) is 41.4 Å². The van der Waals surface area contributed by atoms with Crippen LogP contribution in [0.25, 0.3) is 0 Å². The van der Waals surface area contributed by atoms with E-state index in [1.54, 1.807) is 12.1 Å². The maximum atomic E-state index is 13.6. The van der Waals surface area contributed by atoms with Gasteiger partial charge in [-0.05, 0) is 56.1 Å². The highest BCUT2D eigenvalue weighted by Crippen LogP contribution is 2.46. The summed E-state index contributed by atoms with van der Waals surface area (Å²) in [5.41, 5.74) is 4.20. The summed E-state index contributed by atoms with van der Waals surface area (Å²) in [6.45, 7) is 1.84. The number of ketones is 1. The highest BCUT2D eigenvalue weighted by molar-refractivity contribution is 6.04. The third-order valence-corrected chi connectivity index (χ3v) is 7.33. The zero-order chi connectivity index (χ0) is 24.5. The maximum absolute atomic E-state index is 13.6. The molecule has 2 aromatic rings. The Balaban J connectivity index is 1.55. The molecule has 1 N–H and O–H groups in total. The first-order valence-electron chi connectivity index (χ1n) is 12.2.